The number of benzene rings is 2. The monoisotopic (exact) mass is 215 g/mol. The van der Waals surface area contributed by atoms with Crippen molar-refractivity contribution in [3.8, 4) is 11.1 Å². The molecule has 0 saturated carbocycles. The van der Waals surface area contributed by atoms with E-state index in [4.69, 9.17) is 5.73 Å². The zero-order valence-corrected chi connectivity index (χ0v) is 9.20. The highest BCUT2D eigenvalue weighted by atomic mass is 19.1. The summed E-state index contributed by atoms with van der Waals surface area (Å²) in [7, 11) is 0. The Kier molecular flexibility index (Phi) is 3.02. The number of halogens is 1. The molecule has 16 heavy (non-hydrogen) atoms. The zero-order chi connectivity index (χ0) is 11.5. The van der Waals surface area contributed by atoms with Gasteiger partial charge in [-0.3, -0.25) is 0 Å². The molecule has 0 fully saturated rings. The van der Waals surface area contributed by atoms with Gasteiger partial charge in [-0.15, -0.1) is 0 Å². The fraction of sp³-hybridized carbons (Fsp3) is 0.143. The maximum absolute atomic E-state index is 13.8. The molecule has 2 rings (SSSR count). The topological polar surface area (TPSA) is 26.0 Å². The van der Waals surface area contributed by atoms with Crippen molar-refractivity contribution in [3.05, 3.63) is 59.4 Å². The summed E-state index contributed by atoms with van der Waals surface area (Å²) in [5, 5.41) is 0. The van der Waals surface area contributed by atoms with Crippen LogP contribution in [0.15, 0.2) is 42.5 Å². The van der Waals surface area contributed by atoms with E-state index in [0.29, 0.717) is 12.1 Å². The lowest BCUT2D eigenvalue weighted by Gasteiger charge is -2.05. The minimum Gasteiger partial charge on any atom is -0.326 e. The molecule has 2 aromatic carbocycles. The average Bonchev–Trinajstić information content (AvgIpc) is 2.30. The first kappa shape index (κ1) is 10.8. The summed E-state index contributed by atoms with van der Waals surface area (Å²) in [5.41, 5.74) is 8.96. The van der Waals surface area contributed by atoms with E-state index in [-0.39, 0.29) is 5.82 Å². The van der Waals surface area contributed by atoms with Crippen LogP contribution in [0.4, 0.5) is 4.39 Å². The Morgan fingerprint density at radius 1 is 1.06 bits per heavy atom. The molecule has 1 nitrogen and oxygen atoms in total. The van der Waals surface area contributed by atoms with Crippen LogP contribution in [0, 0.1) is 12.7 Å². The summed E-state index contributed by atoms with van der Waals surface area (Å²) in [6, 6.07) is 12.9. The van der Waals surface area contributed by atoms with Gasteiger partial charge in [0.25, 0.3) is 0 Å². The van der Waals surface area contributed by atoms with Gasteiger partial charge in [-0.05, 0) is 24.1 Å². The fourth-order valence-corrected chi connectivity index (χ4v) is 1.65. The molecule has 0 radical (unpaired) electrons. The third-order valence-electron chi connectivity index (χ3n) is 2.63. The summed E-state index contributed by atoms with van der Waals surface area (Å²) >= 11 is 0. The molecule has 0 heterocycles. The van der Waals surface area contributed by atoms with Crippen molar-refractivity contribution in [2.24, 2.45) is 5.73 Å². The van der Waals surface area contributed by atoms with Crippen LogP contribution in [-0.2, 0) is 6.54 Å². The summed E-state index contributed by atoms with van der Waals surface area (Å²) < 4.78 is 13.8. The molecule has 2 N–H and O–H groups in total. The Balaban J connectivity index is 2.44. The molecular formula is C14H14FN. The van der Waals surface area contributed by atoms with Gasteiger partial charge in [0.05, 0.1) is 0 Å². The Morgan fingerprint density at radius 2 is 1.75 bits per heavy atom. The van der Waals surface area contributed by atoms with E-state index in [0.717, 1.165) is 11.1 Å². The number of aryl methyl sites for hydroxylation is 1. The molecule has 0 atom stereocenters. The summed E-state index contributed by atoms with van der Waals surface area (Å²) in [5.74, 6) is -0.216. The second-order valence-electron chi connectivity index (χ2n) is 3.88. The second kappa shape index (κ2) is 4.45. The lowest BCUT2D eigenvalue weighted by atomic mass is 10.0. The summed E-state index contributed by atoms with van der Waals surface area (Å²) in [4.78, 5) is 0. The van der Waals surface area contributed by atoms with Gasteiger partial charge in [-0.2, -0.15) is 0 Å². The first-order valence-corrected chi connectivity index (χ1v) is 5.26. The van der Waals surface area contributed by atoms with Crippen LogP contribution in [0.3, 0.4) is 0 Å². The quantitative estimate of drug-likeness (QED) is 0.817. The van der Waals surface area contributed by atoms with Crippen molar-refractivity contribution in [2.75, 3.05) is 0 Å². The van der Waals surface area contributed by atoms with E-state index >= 15 is 0 Å². The Bertz CT molecular complexity index is 489. The SMILES string of the molecule is Cc1ccc(-c2ccc(CN)cc2F)cc1. The van der Waals surface area contributed by atoms with Gasteiger partial charge >= 0.3 is 0 Å². The molecule has 0 spiro atoms. The van der Waals surface area contributed by atoms with Crippen LogP contribution in [0.5, 0.6) is 0 Å². The molecule has 0 saturated heterocycles. The molecule has 0 aliphatic carbocycles. The first-order valence-electron chi connectivity index (χ1n) is 5.26. The van der Waals surface area contributed by atoms with E-state index in [2.05, 4.69) is 0 Å². The minimum absolute atomic E-state index is 0.216. The number of rotatable bonds is 2. The largest absolute Gasteiger partial charge is 0.326 e. The molecule has 0 unspecified atom stereocenters. The molecule has 0 bridgehead atoms. The minimum atomic E-state index is -0.216. The van der Waals surface area contributed by atoms with Gasteiger partial charge in [-0.1, -0.05) is 42.0 Å². The van der Waals surface area contributed by atoms with Crippen LogP contribution in [0.25, 0.3) is 11.1 Å². The maximum atomic E-state index is 13.8. The summed E-state index contributed by atoms with van der Waals surface area (Å²) in [6.45, 7) is 2.38. The Hall–Kier alpha value is -1.67. The van der Waals surface area contributed by atoms with E-state index in [9.17, 15) is 4.39 Å². The van der Waals surface area contributed by atoms with E-state index < -0.39 is 0 Å². The van der Waals surface area contributed by atoms with Gasteiger partial charge in [-0.25, -0.2) is 4.39 Å². The normalized spacial score (nSPS) is 10.4. The van der Waals surface area contributed by atoms with Gasteiger partial charge in [0, 0.05) is 12.1 Å². The smallest absolute Gasteiger partial charge is 0.131 e. The second-order valence-corrected chi connectivity index (χ2v) is 3.88. The van der Waals surface area contributed by atoms with Crippen LogP contribution in [0.2, 0.25) is 0 Å². The molecule has 0 amide bonds. The predicted molar refractivity (Wildman–Crippen MR) is 64.5 cm³/mol. The lowest BCUT2D eigenvalue weighted by Crippen LogP contribution is -1.97. The van der Waals surface area contributed by atoms with Crippen molar-refractivity contribution in [1.82, 2.24) is 0 Å². The van der Waals surface area contributed by atoms with E-state index in [1.165, 1.54) is 11.6 Å². The first-order chi connectivity index (χ1) is 7.70. The van der Waals surface area contributed by atoms with Gasteiger partial charge < -0.3 is 5.73 Å². The number of hydrogen-bond donors (Lipinski definition) is 1. The van der Waals surface area contributed by atoms with Crippen molar-refractivity contribution >= 4 is 0 Å². The lowest BCUT2D eigenvalue weighted by molar-refractivity contribution is 0.629. The highest BCUT2D eigenvalue weighted by Crippen LogP contribution is 2.23. The van der Waals surface area contributed by atoms with Crippen molar-refractivity contribution in [1.29, 1.82) is 0 Å². The highest BCUT2D eigenvalue weighted by Gasteiger charge is 2.05. The van der Waals surface area contributed by atoms with Crippen LogP contribution >= 0.6 is 0 Å². The third-order valence-corrected chi connectivity index (χ3v) is 2.63. The van der Waals surface area contributed by atoms with Crippen LogP contribution in [0.1, 0.15) is 11.1 Å². The van der Waals surface area contributed by atoms with Crippen molar-refractivity contribution < 1.29 is 4.39 Å². The molecule has 0 aromatic heterocycles. The fourth-order valence-electron chi connectivity index (χ4n) is 1.65. The van der Waals surface area contributed by atoms with Crippen LogP contribution in [-0.4, -0.2) is 0 Å². The standard InChI is InChI=1S/C14H14FN/c1-10-2-5-12(6-3-10)13-7-4-11(9-16)8-14(13)15/h2-8H,9,16H2,1H3. The molecule has 0 aliphatic heterocycles. The molecular weight excluding hydrogens is 201 g/mol. The van der Waals surface area contributed by atoms with E-state index in [1.807, 2.05) is 37.3 Å². The van der Waals surface area contributed by atoms with Crippen LogP contribution < -0.4 is 5.73 Å². The third kappa shape index (κ3) is 2.12. The predicted octanol–water partition coefficient (Wildman–Crippen LogP) is 3.26. The maximum Gasteiger partial charge on any atom is 0.131 e. The zero-order valence-electron chi connectivity index (χ0n) is 9.20. The van der Waals surface area contributed by atoms with Crippen molar-refractivity contribution in [2.45, 2.75) is 13.5 Å². The Morgan fingerprint density at radius 3 is 2.31 bits per heavy atom. The van der Waals surface area contributed by atoms with Crippen molar-refractivity contribution in [3.63, 3.8) is 0 Å². The van der Waals surface area contributed by atoms with Gasteiger partial charge in [0.15, 0.2) is 0 Å². The molecule has 2 heteroatoms. The molecule has 2 aromatic rings. The average molecular weight is 215 g/mol. The number of hydrogen-bond acceptors (Lipinski definition) is 1. The summed E-state index contributed by atoms with van der Waals surface area (Å²) in [6.07, 6.45) is 0. The Labute approximate surface area is 94.7 Å². The molecule has 0 aliphatic rings. The van der Waals surface area contributed by atoms with E-state index in [1.54, 1.807) is 6.07 Å². The highest BCUT2D eigenvalue weighted by molar-refractivity contribution is 5.64. The van der Waals surface area contributed by atoms with Gasteiger partial charge in [0.2, 0.25) is 0 Å². The van der Waals surface area contributed by atoms with Gasteiger partial charge in [0.1, 0.15) is 5.82 Å². The number of nitrogens with two attached hydrogens (primary N) is 1. The molecule has 82 valence electrons.